The van der Waals surface area contributed by atoms with Crippen molar-refractivity contribution in [2.45, 2.75) is 52.0 Å². The third-order valence-corrected chi connectivity index (χ3v) is 2.78. The molecule has 0 aromatic heterocycles. The Morgan fingerprint density at radius 1 is 1.42 bits per heavy atom. The number of hydrogen-bond donors (Lipinski definition) is 1. The summed E-state index contributed by atoms with van der Waals surface area (Å²) >= 11 is 0. The third-order valence-electron chi connectivity index (χ3n) is 2.78. The van der Waals surface area contributed by atoms with Crippen LogP contribution < -0.4 is 5.32 Å². The van der Waals surface area contributed by atoms with Crippen LogP contribution in [0.15, 0.2) is 0 Å². The first-order valence-corrected chi connectivity index (χ1v) is 5.03. The Morgan fingerprint density at radius 3 is 2.67 bits per heavy atom. The molecule has 2 nitrogen and oxygen atoms in total. The van der Waals surface area contributed by atoms with Crippen LogP contribution in [0.3, 0.4) is 0 Å². The van der Waals surface area contributed by atoms with Crippen molar-refractivity contribution in [2.75, 3.05) is 0 Å². The van der Waals surface area contributed by atoms with Gasteiger partial charge in [-0.25, -0.2) is 0 Å². The lowest BCUT2D eigenvalue weighted by molar-refractivity contribution is -0.122. The second kappa shape index (κ2) is 4.48. The Hall–Kier alpha value is -0.530. The molecule has 1 rings (SSSR count). The molecule has 1 N–H and O–H groups in total. The number of amides is 1. The molecule has 70 valence electrons. The summed E-state index contributed by atoms with van der Waals surface area (Å²) in [6.07, 6.45) is 5.67. The van der Waals surface area contributed by atoms with Crippen LogP contribution in [0, 0.1) is 5.92 Å². The molecule has 1 amide bonds. The van der Waals surface area contributed by atoms with Crippen molar-refractivity contribution in [3.63, 3.8) is 0 Å². The fraction of sp³-hybridized carbons (Fsp3) is 0.900. The average molecular weight is 169 g/mol. The Kier molecular flexibility index (Phi) is 3.57. The molecule has 0 aromatic carbocycles. The summed E-state index contributed by atoms with van der Waals surface area (Å²) in [5, 5.41) is 3.08. The fourth-order valence-electron chi connectivity index (χ4n) is 1.84. The number of nitrogens with one attached hydrogen (secondary N) is 1. The zero-order valence-electron chi connectivity index (χ0n) is 8.10. The third kappa shape index (κ3) is 2.50. The van der Waals surface area contributed by atoms with Crippen LogP contribution in [-0.2, 0) is 4.79 Å². The molecule has 0 bridgehead atoms. The molecule has 2 atom stereocenters. The number of hydrogen-bond acceptors (Lipinski definition) is 1. The first-order valence-electron chi connectivity index (χ1n) is 5.03. The first-order chi connectivity index (χ1) is 5.74. The molecular formula is C10H19NO. The molecular weight excluding hydrogens is 150 g/mol. The van der Waals surface area contributed by atoms with E-state index in [9.17, 15) is 4.79 Å². The maximum absolute atomic E-state index is 11.1. The van der Waals surface area contributed by atoms with E-state index in [0.717, 1.165) is 0 Å². The molecule has 0 saturated heterocycles. The SMILES string of the molecule is CCC(=O)N[C@H]1CCCCC1C. The van der Waals surface area contributed by atoms with Gasteiger partial charge in [0.05, 0.1) is 0 Å². The molecule has 1 saturated carbocycles. The molecule has 12 heavy (non-hydrogen) atoms. The van der Waals surface area contributed by atoms with Gasteiger partial charge in [-0.2, -0.15) is 0 Å². The van der Waals surface area contributed by atoms with Gasteiger partial charge >= 0.3 is 0 Å². The molecule has 1 unspecified atom stereocenters. The van der Waals surface area contributed by atoms with Crippen molar-refractivity contribution in [2.24, 2.45) is 5.92 Å². The van der Waals surface area contributed by atoms with Crippen LogP contribution in [-0.4, -0.2) is 11.9 Å². The molecule has 1 fully saturated rings. The number of carbonyl (C=O) groups is 1. The van der Waals surface area contributed by atoms with E-state index in [-0.39, 0.29) is 5.91 Å². The van der Waals surface area contributed by atoms with Crippen molar-refractivity contribution in [3.05, 3.63) is 0 Å². The first kappa shape index (κ1) is 9.56. The molecule has 1 aliphatic carbocycles. The zero-order chi connectivity index (χ0) is 8.97. The quantitative estimate of drug-likeness (QED) is 0.673. The predicted molar refractivity (Wildman–Crippen MR) is 49.9 cm³/mol. The average Bonchev–Trinajstić information content (AvgIpc) is 2.09. The lowest BCUT2D eigenvalue weighted by atomic mass is 9.86. The van der Waals surface area contributed by atoms with E-state index in [0.29, 0.717) is 18.4 Å². The standard InChI is InChI=1S/C10H19NO/c1-3-10(12)11-9-7-5-4-6-8(9)2/h8-9H,3-7H2,1-2H3,(H,11,12)/t8?,9-/m0/s1. The summed E-state index contributed by atoms with van der Waals surface area (Å²) in [5.74, 6) is 0.878. The highest BCUT2D eigenvalue weighted by molar-refractivity contribution is 5.75. The molecule has 0 heterocycles. The van der Waals surface area contributed by atoms with Crippen molar-refractivity contribution in [1.82, 2.24) is 5.32 Å². The molecule has 2 heteroatoms. The monoisotopic (exact) mass is 169 g/mol. The van der Waals surface area contributed by atoms with Crippen molar-refractivity contribution >= 4 is 5.91 Å². The van der Waals surface area contributed by atoms with Crippen LogP contribution in [0.5, 0.6) is 0 Å². The van der Waals surface area contributed by atoms with Crippen LogP contribution in [0.4, 0.5) is 0 Å². The Balaban J connectivity index is 2.33. The van der Waals surface area contributed by atoms with Crippen molar-refractivity contribution in [1.29, 1.82) is 0 Å². The fourth-order valence-corrected chi connectivity index (χ4v) is 1.84. The van der Waals surface area contributed by atoms with E-state index >= 15 is 0 Å². The van der Waals surface area contributed by atoms with Gasteiger partial charge in [0.15, 0.2) is 0 Å². The van der Waals surface area contributed by atoms with E-state index in [1.807, 2.05) is 6.92 Å². The Labute approximate surface area is 74.7 Å². The predicted octanol–water partition coefficient (Wildman–Crippen LogP) is 2.09. The van der Waals surface area contributed by atoms with Gasteiger partial charge < -0.3 is 5.32 Å². The van der Waals surface area contributed by atoms with Crippen molar-refractivity contribution < 1.29 is 4.79 Å². The topological polar surface area (TPSA) is 29.1 Å². The zero-order valence-corrected chi connectivity index (χ0v) is 8.10. The summed E-state index contributed by atoms with van der Waals surface area (Å²) in [5.41, 5.74) is 0. The second-order valence-electron chi connectivity index (χ2n) is 3.79. The molecule has 0 aromatic rings. The molecule has 0 radical (unpaired) electrons. The molecule has 0 spiro atoms. The number of carbonyl (C=O) groups excluding carboxylic acids is 1. The summed E-state index contributed by atoms with van der Waals surface area (Å²) < 4.78 is 0. The van der Waals surface area contributed by atoms with Gasteiger partial charge in [0.1, 0.15) is 0 Å². The summed E-state index contributed by atoms with van der Waals surface area (Å²) in [4.78, 5) is 11.1. The van der Waals surface area contributed by atoms with Crippen molar-refractivity contribution in [3.8, 4) is 0 Å². The number of rotatable bonds is 2. The van der Waals surface area contributed by atoms with Gasteiger partial charge in [0.2, 0.25) is 5.91 Å². The van der Waals surface area contributed by atoms with Crippen LogP contribution in [0.25, 0.3) is 0 Å². The van der Waals surface area contributed by atoms with Crippen LogP contribution in [0.2, 0.25) is 0 Å². The van der Waals surface area contributed by atoms with Crippen LogP contribution in [0.1, 0.15) is 46.0 Å². The summed E-state index contributed by atoms with van der Waals surface area (Å²) in [7, 11) is 0. The highest BCUT2D eigenvalue weighted by atomic mass is 16.1. The lowest BCUT2D eigenvalue weighted by Gasteiger charge is -2.29. The van der Waals surface area contributed by atoms with Gasteiger partial charge in [-0.15, -0.1) is 0 Å². The van der Waals surface area contributed by atoms with Gasteiger partial charge in [-0.1, -0.05) is 26.7 Å². The normalized spacial score (nSPS) is 29.8. The smallest absolute Gasteiger partial charge is 0.219 e. The largest absolute Gasteiger partial charge is 0.353 e. The second-order valence-corrected chi connectivity index (χ2v) is 3.79. The minimum atomic E-state index is 0.203. The van der Waals surface area contributed by atoms with E-state index in [1.54, 1.807) is 0 Å². The Bertz CT molecular complexity index is 156. The van der Waals surface area contributed by atoms with E-state index in [4.69, 9.17) is 0 Å². The van der Waals surface area contributed by atoms with Gasteiger partial charge in [-0.05, 0) is 18.8 Å². The minimum absolute atomic E-state index is 0.203. The maximum atomic E-state index is 11.1. The van der Waals surface area contributed by atoms with Gasteiger partial charge in [0.25, 0.3) is 0 Å². The van der Waals surface area contributed by atoms with E-state index in [1.165, 1.54) is 25.7 Å². The maximum Gasteiger partial charge on any atom is 0.219 e. The Morgan fingerprint density at radius 2 is 2.08 bits per heavy atom. The van der Waals surface area contributed by atoms with Crippen LogP contribution >= 0.6 is 0 Å². The summed E-state index contributed by atoms with van der Waals surface area (Å²) in [6.45, 7) is 4.14. The van der Waals surface area contributed by atoms with E-state index in [2.05, 4.69) is 12.2 Å². The summed E-state index contributed by atoms with van der Waals surface area (Å²) in [6, 6.07) is 0.450. The van der Waals surface area contributed by atoms with E-state index < -0.39 is 0 Å². The molecule has 0 aliphatic heterocycles. The lowest BCUT2D eigenvalue weighted by Crippen LogP contribution is -2.40. The highest BCUT2D eigenvalue weighted by Crippen LogP contribution is 2.23. The molecule has 1 aliphatic rings. The van der Waals surface area contributed by atoms with Gasteiger partial charge in [-0.3, -0.25) is 4.79 Å². The van der Waals surface area contributed by atoms with Gasteiger partial charge in [0, 0.05) is 12.5 Å². The highest BCUT2D eigenvalue weighted by Gasteiger charge is 2.21. The minimum Gasteiger partial charge on any atom is -0.353 e.